The number of methoxy groups -OCH3 is 1. The minimum absolute atomic E-state index is 0.0453. The Hall–Kier alpha value is -6.00. The second-order valence-electron chi connectivity index (χ2n) is 12.7. The van der Waals surface area contributed by atoms with Crippen molar-refractivity contribution < 1.29 is 44.0 Å². The number of aromatic nitrogens is 5. The molecule has 3 aromatic carbocycles. The summed E-state index contributed by atoms with van der Waals surface area (Å²) in [5, 5.41) is 2.90. The molecule has 0 unspecified atom stereocenters. The highest BCUT2D eigenvalue weighted by molar-refractivity contribution is 7.93. The summed E-state index contributed by atoms with van der Waals surface area (Å²) in [6.45, 7) is 2.65. The summed E-state index contributed by atoms with van der Waals surface area (Å²) < 4.78 is 114. The van der Waals surface area contributed by atoms with E-state index in [9.17, 15) is 39.3 Å². The summed E-state index contributed by atoms with van der Waals surface area (Å²) in [5.41, 5.74) is 3.86. The Kier molecular flexibility index (Phi) is 11.2. The molecule has 0 atom stereocenters. The molecule has 0 fully saturated rings. The molecule has 0 saturated carbocycles. The number of fused-ring (bicyclic) bond motifs is 2. The van der Waals surface area contributed by atoms with Gasteiger partial charge in [0.2, 0.25) is 21.3 Å². The van der Waals surface area contributed by atoms with Crippen molar-refractivity contribution in [1.82, 2.24) is 29.2 Å². The van der Waals surface area contributed by atoms with E-state index in [0.717, 1.165) is 0 Å². The highest BCUT2D eigenvalue weighted by atomic mass is 35.5. The highest BCUT2D eigenvalue weighted by Crippen LogP contribution is 2.32. The van der Waals surface area contributed by atoms with Gasteiger partial charge < -0.3 is 24.1 Å². The molecule has 4 N–H and O–H groups in total. The molecule has 59 heavy (non-hydrogen) atoms. The molecule has 1 aromatic heterocycles. The van der Waals surface area contributed by atoms with Crippen LogP contribution in [0.15, 0.2) is 119 Å². The van der Waals surface area contributed by atoms with Gasteiger partial charge in [0.25, 0.3) is 10.1 Å². The van der Waals surface area contributed by atoms with Gasteiger partial charge in [-0.1, -0.05) is 16.8 Å². The van der Waals surface area contributed by atoms with Gasteiger partial charge in [-0.3, -0.25) is 13.7 Å². The van der Waals surface area contributed by atoms with Crippen molar-refractivity contribution in [1.29, 1.82) is 0 Å². The summed E-state index contributed by atoms with van der Waals surface area (Å²) in [5.74, 6) is -0.0453. The molecule has 304 valence electrons. The van der Waals surface area contributed by atoms with Crippen LogP contribution < -0.4 is 25.0 Å². The summed E-state index contributed by atoms with van der Waals surface area (Å²) in [6, 6.07) is 21.5. The van der Waals surface area contributed by atoms with E-state index in [0.29, 0.717) is 45.9 Å². The van der Waals surface area contributed by atoms with Crippen molar-refractivity contribution in [2.75, 3.05) is 23.9 Å². The number of hydrogen-bond donors (Lipinski definition) is 4. The van der Waals surface area contributed by atoms with E-state index in [2.05, 4.69) is 24.9 Å². The first-order valence-electron chi connectivity index (χ1n) is 17.1. The molecular formula is C37H31ClN8O10S3. The summed E-state index contributed by atoms with van der Waals surface area (Å²) in [6.07, 6.45) is 4.08. The Morgan fingerprint density at radius 1 is 0.881 bits per heavy atom. The van der Waals surface area contributed by atoms with E-state index >= 15 is 0 Å². The molecule has 0 spiro atoms. The van der Waals surface area contributed by atoms with Crippen LogP contribution in [0.1, 0.15) is 12.5 Å². The molecule has 22 heteroatoms. The van der Waals surface area contributed by atoms with Gasteiger partial charge in [0, 0.05) is 42.3 Å². The lowest BCUT2D eigenvalue weighted by molar-refractivity contribution is 0.379. The molecule has 0 saturated heterocycles. The smallest absolute Gasteiger partial charge is 0.347 e. The lowest BCUT2D eigenvalue weighted by Gasteiger charge is -2.25. The van der Waals surface area contributed by atoms with Crippen LogP contribution in [0.25, 0.3) is 28.1 Å². The minimum Gasteiger partial charge on any atom is -0.744 e. The van der Waals surface area contributed by atoms with Gasteiger partial charge in [-0.15, -0.1) is 0 Å². The number of halogens is 1. The Balaban J connectivity index is 1.40. The number of ether oxygens (including phenoxy) is 1. The first-order valence-corrected chi connectivity index (χ1v) is 21.8. The van der Waals surface area contributed by atoms with Crippen molar-refractivity contribution in [3.05, 3.63) is 125 Å². The zero-order chi connectivity index (χ0) is 42.3. The van der Waals surface area contributed by atoms with Crippen molar-refractivity contribution in [3.8, 4) is 23.1 Å². The third-order valence-electron chi connectivity index (χ3n) is 8.86. The zero-order valence-electron chi connectivity index (χ0n) is 30.7. The van der Waals surface area contributed by atoms with Gasteiger partial charge in [-0.25, -0.2) is 17.6 Å². The summed E-state index contributed by atoms with van der Waals surface area (Å²) in [4.78, 5) is 17.5. The SMILES string of the molecule is CCN(Cc1cccc(S(=O)(=O)O)c1)c1ccc2nc3ccc(=[N+]=C4C=CC(Nc5nc(Cl)nc(OC)n5)=CC4=S(=O)(O)O)cc-3n(-c3ccc(S(=O)(=O)[O-])cc3)c2c1. The van der Waals surface area contributed by atoms with Crippen molar-refractivity contribution in [3.63, 3.8) is 0 Å². The molecule has 0 bridgehead atoms. The molecule has 4 aromatic rings. The van der Waals surface area contributed by atoms with Gasteiger partial charge in [0.05, 0.1) is 45.4 Å². The van der Waals surface area contributed by atoms with E-state index in [4.69, 9.17) is 21.3 Å². The second-order valence-corrected chi connectivity index (χ2v) is 17.3. The first kappa shape index (κ1) is 41.2. The maximum Gasteiger partial charge on any atom is 0.347 e. The standard InChI is InChI=1S/C37H31ClN8O10S3/c1-3-45(21-22-5-4-6-28(17-22)58(50,51)52)26-11-16-30-33(20-26)46(25-9-12-27(13-10-25)57(47,48)49)32-18-23(7-14-29(32)41-30)39-31-15-8-24(19-34(31)59(53,54)55)40-36-42-35(38)43-37(44-36)56-2/h4-20H,3,21H2,1-2H3,(H4,40,41,42,43,44,47,48,49,50,51,52,53,54,55). The third kappa shape index (κ3) is 9.18. The maximum atomic E-state index is 12.8. The van der Waals surface area contributed by atoms with Crippen LogP contribution >= 0.6 is 11.6 Å². The molecule has 3 aliphatic rings. The number of allylic oxidation sites excluding steroid dienone is 3. The minimum atomic E-state index is -4.77. The number of anilines is 2. The largest absolute Gasteiger partial charge is 0.744 e. The summed E-state index contributed by atoms with van der Waals surface area (Å²) in [7, 11) is -12.5. The molecule has 0 radical (unpaired) electrons. The zero-order valence-corrected chi connectivity index (χ0v) is 33.9. The fourth-order valence-electron chi connectivity index (χ4n) is 6.19. The number of benzene rings is 4. The average molecular weight is 879 g/mol. The molecule has 0 amide bonds. The van der Waals surface area contributed by atoms with Crippen molar-refractivity contribution in [2.24, 2.45) is 0 Å². The van der Waals surface area contributed by atoms with Gasteiger partial charge in [0.1, 0.15) is 10.1 Å². The molecule has 7 rings (SSSR count). The van der Waals surface area contributed by atoms with E-state index in [1.54, 1.807) is 34.9 Å². The molecule has 1 aliphatic heterocycles. The number of nitrogens with zero attached hydrogens (tertiary/aromatic N) is 7. The number of hydrogen-bond acceptors (Lipinski definition) is 13. The Morgan fingerprint density at radius 3 is 2.32 bits per heavy atom. The van der Waals surface area contributed by atoms with E-state index in [-0.39, 0.29) is 45.4 Å². The Bertz CT molecular complexity index is 3170. The van der Waals surface area contributed by atoms with E-state index in [1.807, 2.05) is 24.0 Å². The van der Waals surface area contributed by atoms with Crippen LogP contribution in [0.5, 0.6) is 6.01 Å². The molecule has 2 aliphatic carbocycles. The van der Waals surface area contributed by atoms with Crippen molar-refractivity contribution in [2.45, 2.75) is 23.3 Å². The van der Waals surface area contributed by atoms with Crippen molar-refractivity contribution >= 4 is 75.2 Å². The Labute approximate surface area is 342 Å². The lowest BCUT2D eigenvalue weighted by Crippen LogP contribution is -2.27. The molecular weight excluding hydrogens is 848 g/mol. The van der Waals surface area contributed by atoms with Crippen LogP contribution in [0, 0.1) is 0 Å². The van der Waals surface area contributed by atoms with Crippen LogP contribution in [-0.2, 0) is 36.9 Å². The monoisotopic (exact) mass is 878 g/mol. The lowest BCUT2D eigenvalue weighted by atomic mass is 10.1. The van der Waals surface area contributed by atoms with Gasteiger partial charge in [-0.2, -0.15) is 23.4 Å². The molecule has 18 nitrogen and oxygen atoms in total. The quantitative estimate of drug-likeness (QED) is 0.0664. The normalized spacial score (nSPS) is 13.4. The van der Waals surface area contributed by atoms with Crippen LogP contribution in [-0.4, -0.2) is 88.0 Å². The van der Waals surface area contributed by atoms with Gasteiger partial charge in [0.15, 0.2) is 4.86 Å². The van der Waals surface area contributed by atoms with Gasteiger partial charge in [-0.05, 0) is 96.9 Å². The average Bonchev–Trinajstić information content (AvgIpc) is 3.18. The third-order valence-corrected chi connectivity index (χ3v) is 11.6. The predicted molar refractivity (Wildman–Crippen MR) is 220 cm³/mol. The molecule has 2 heterocycles. The second kappa shape index (κ2) is 16.0. The van der Waals surface area contributed by atoms with Crippen LogP contribution in [0.4, 0.5) is 11.6 Å². The topological polar surface area (TPSA) is 264 Å². The first-order chi connectivity index (χ1) is 27.9. The summed E-state index contributed by atoms with van der Waals surface area (Å²) >= 11 is 5.95. The van der Waals surface area contributed by atoms with Gasteiger partial charge >= 0.3 is 17.1 Å². The van der Waals surface area contributed by atoms with Crippen LogP contribution in [0.3, 0.4) is 0 Å². The van der Waals surface area contributed by atoms with Crippen LogP contribution in [0.2, 0.25) is 5.28 Å². The predicted octanol–water partition coefficient (Wildman–Crippen LogP) is 3.53. The fourth-order valence-corrected chi connectivity index (χ4v) is 8.03. The van der Waals surface area contributed by atoms with E-state index < -0.39 is 40.1 Å². The Morgan fingerprint density at radius 2 is 1.64 bits per heavy atom. The number of rotatable bonds is 10. The highest BCUT2D eigenvalue weighted by Gasteiger charge is 2.26. The maximum absolute atomic E-state index is 12.8. The fraction of sp³-hybridized carbons (Fsp3) is 0.108. The number of nitrogens with one attached hydrogen (secondary N) is 1. The van der Waals surface area contributed by atoms with E-state index in [1.165, 1.54) is 67.8 Å².